The van der Waals surface area contributed by atoms with E-state index in [1.165, 1.54) is 11.1 Å². The smallest absolute Gasteiger partial charge is 0.0794 e. The van der Waals surface area contributed by atoms with Crippen LogP contribution < -0.4 is 0 Å². The fourth-order valence-electron chi connectivity index (χ4n) is 3.46. The fraction of sp³-hybridized carbons (Fsp3) is 0.400. The SMILES string of the molecule is C[C@H]1CN(Cc2ccccc2)C(CO)[C@@H]1OCc1ccccc1. The first-order valence-electron chi connectivity index (χ1n) is 8.32. The molecule has 1 aliphatic heterocycles. The number of ether oxygens (including phenoxy) is 1. The summed E-state index contributed by atoms with van der Waals surface area (Å²) < 4.78 is 6.17. The zero-order valence-corrected chi connectivity index (χ0v) is 13.6. The molecule has 1 heterocycles. The van der Waals surface area contributed by atoms with Gasteiger partial charge in [0.2, 0.25) is 0 Å². The second kappa shape index (κ2) is 7.73. The molecule has 2 aromatic rings. The molecule has 3 atom stereocenters. The van der Waals surface area contributed by atoms with Crippen LogP contribution in [-0.4, -0.2) is 35.3 Å². The van der Waals surface area contributed by atoms with Crippen molar-refractivity contribution in [1.82, 2.24) is 4.90 Å². The van der Waals surface area contributed by atoms with Crippen LogP contribution in [0.2, 0.25) is 0 Å². The van der Waals surface area contributed by atoms with E-state index >= 15 is 0 Å². The monoisotopic (exact) mass is 311 g/mol. The largest absolute Gasteiger partial charge is 0.395 e. The first-order chi connectivity index (χ1) is 11.3. The summed E-state index contributed by atoms with van der Waals surface area (Å²) in [5.41, 5.74) is 2.46. The molecule has 0 radical (unpaired) electrons. The number of rotatable bonds is 6. The lowest BCUT2D eigenvalue weighted by Gasteiger charge is -2.27. The molecule has 1 fully saturated rings. The molecule has 0 aromatic heterocycles. The van der Waals surface area contributed by atoms with Crippen molar-refractivity contribution in [3.8, 4) is 0 Å². The Morgan fingerprint density at radius 1 is 1.00 bits per heavy atom. The van der Waals surface area contributed by atoms with Crippen LogP contribution in [0.3, 0.4) is 0 Å². The Bertz CT molecular complexity index is 587. The van der Waals surface area contributed by atoms with Crippen LogP contribution in [0.5, 0.6) is 0 Å². The van der Waals surface area contributed by atoms with Crippen molar-refractivity contribution in [3.05, 3.63) is 71.8 Å². The normalized spacial score (nSPS) is 24.9. The number of nitrogens with zero attached hydrogens (tertiary/aromatic N) is 1. The van der Waals surface area contributed by atoms with Crippen molar-refractivity contribution in [2.75, 3.05) is 13.2 Å². The summed E-state index contributed by atoms with van der Waals surface area (Å²) in [7, 11) is 0. The van der Waals surface area contributed by atoms with Crippen molar-refractivity contribution in [1.29, 1.82) is 0 Å². The van der Waals surface area contributed by atoms with Gasteiger partial charge >= 0.3 is 0 Å². The maximum atomic E-state index is 9.88. The van der Waals surface area contributed by atoms with Crippen molar-refractivity contribution in [2.45, 2.75) is 32.2 Å². The van der Waals surface area contributed by atoms with E-state index in [9.17, 15) is 5.11 Å². The number of likely N-dealkylation sites (tertiary alicyclic amines) is 1. The molecule has 3 heteroatoms. The van der Waals surface area contributed by atoms with E-state index in [0.717, 1.165) is 13.1 Å². The molecule has 0 saturated carbocycles. The van der Waals surface area contributed by atoms with Crippen LogP contribution in [0.4, 0.5) is 0 Å². The van der Waals surface area contributed by atoms with Crippen molar-refractivity contribution >= 4 is 0 Å². The standard InChI is InChI=1S/C20H25NO2/c1-16-12-21(13-17-8-4-2-5-9-17)19(14-22)20(16)23-15-18-10-6-3-7-11-18/h2-11,16,19-20,22H,12-15H2,1H3/t16-,19?,20+/m0/s1. The molecule has 0 amide bonds. The second-order valence-electron chi connectivity index (χ2n) is 6.40. The zero-order chi connectivity index (χ0) is 16.1. The highest BCUT2D eigenvalue weighted by Crippen LogP contribution is 2.28. The number of hydrogen-bond donors (Lipinski definition) is 1. The highest BCUT2D eigenvalue weighted by Gasteiger charge is 2.39. The molecule has 23 heavy (non-hydrogen) atoms. The molecule has 122 valence electrons. The van der Waals surface area contributed by atoms with E-state index in [-0.39, 0.29) is 18.8 Å². The minimum Gasteiger partial charge on any atom is -0.395 e. The molecule has 1 unspecified atom stereocenters. The lowest BCUT2D eigenvalue weighted by Crippen LogP contribution is -2.39. The Balaban J connectivity index is 1.64. The lowest BCUT2D eigenvalue weighted by atomic mass is 10.0. The van der Waals surface area contributed by atoms with Crippen LogP contribution in [0, 0.1) is 5.92 Å². The molecule has 2 aromatic carbocycles. The van der Waals surface area contributed by atoms with Crippen LogP contribution in [-0.2, 0) is 17.9 Å². The fourth-order valence-corrected chi connectivity index (χ4v) is 3.46. The minimum atomic E-state index is 0.0638. The summed E-state index contributed by atoms with van der Waals surface area (Å²) in [6.07, 6.45) is 0.0731. The molecule has 1 N–H and O–H groups in total. The van der Waals surface area contributed by atoms with Crippen LogP contribution >= 0.6 is 0 Å². The van der Waals surface area contributed by atoms with E-state index in [1.807, 2.05) is 24.3 Å². The predicted molar refractivity (Wildman–Crippen MR) is 91.9 cm³/mol. The van der Waals surface area contributed by atoms with E-state index in [1.54, 1.807) is 0 Å². The van der Waals surface area contributed by atoms with Crippen LogP contribution in [0.25, 0.3) is 0 Å². The highest BCUT2D eigenvalue weighted by atomic mass is 16.5. The maximum absolute atomic E-state index is 9.88. The third-order valence-electron chi connectivity index (χ3n) is 4.63. The number of hydrogen-bond acceptors (Lipinski definition) is 3. The molecule has 0 bridgehead atoms. The molecule has 1 aliphatic rings. The van der Waals surface area contributed by atoms with Gasteiger partial charge in [-0.3, -0.25) is 4.90 Å². The van der Waals surface area contributed by atoms with Gasteiger partial charge in [0.1, 0.15) is 0 Å². The molecule has 0 spiro atoms. The maximum Gasteiger partial charge on any atom is 0.0794 e. The lowest BCUT2D eigenvalue weighted by molar-refractivity contribution is -0.0173. The van der Waals surface area contributed by atoms with E-state index in [0.29, 0.717) is 12.5 Å². The summed E-state index contributed by atoms with van der Waals surface area (Å²) in [4.78, 5) is 2.34. The third-order valence-corrected chi connectivity index (χ3v) is 4.63. The first kappa shape index (κ1) is 16.2. The summed E-state index contributed by atoms with van der Waals surface area (Å²) in [6, 6.07) is 20.7. The Morgan fingerprint density at radius 3 is 2.22 bits per heavy atom. The van der Waals surface area contributed by atoms with Gasteiger partial charge in [0.25, 0.3) is 0 Å². The van der Waals surface area contributed by atoms with E-state index in [4.69, 9.17) is 4.74 Å². The summed E-state index contributed by atoms with van der Waals surface area (Å²) in [6.45, 7) is 4.77. The van der Waals surface area contributed by atoms with Gasteiger partial charge in [0.05, 0.1) is 25.4 Å². The van der Waals surface area contributed by atoms with E-state index < -0.39 is 0 Å². The Kier molecular flexibility index (Phi) is 5.44. The number of benzene rings is 2. The van der Waals surface area contributed by atoms with Gasteiger partial charge in [0, 0.05) is 13.1 Å². The van der Waals surface area contributed by atoms with E-state index in [2.05, 4.69) is 48.2 Å². The van der Waals surface area contributed by atoms with Crippen molar-refractivity contribution in [3.63, 3.8) is 0 Å². The zero-order valence-electron chi connectivity index (χ0n) is 13.6. The quantitative estimate of drug-likeness (QED) is 0.890. The first-order valence-corrected chi connectivity index (χ1v) is 8.32. The van der Waals surface area contributed by atoms with Gasteiger partial charge in [-0.05, 0) is 17.0 Å². The van der Waals surface area contributed by atoms with Crippen LogP contribution in [0.1, 0.15) is 18.1 Å². The predicted octanol–water partition coefficient (Wildman–Crippen LogP) is 3.08. The second-order valence-corrected chi connectivity index (χ2v) is 6.40. The van der Waals surface area contributed by atoms with Gasteiger partial charge < -0.3 is 9.84 Å². The number of aliphatic hydroxyl groups is 1. The topological polar surface area (TPSA) is 32.7 Å². The highest BCUT2D eigenvalue weighted by molar-refractivity contribution is 5.16. The molecule has 0 aliphatic carbocycles. The Labute approximate surface area is 138 Å². The minimum absolute atomic E-state index is 0.0638. The van der Waals surface area contributed by atoms with Gasteiger partial charge in [0.15, 0.2) is 0 Å². The van der Waals surface area contributed by atoms with Gasteiger partial charge in [-0.1, -0.05) is 67.6 Å². The molecular weight excluding hydrogens is 286 g/mol. The molecule has 1 saturated heterocycles. The molecule has 3 rings (SSSR count). The Morgan fingerprint density at radius 2 is 1.61 bits per heavy atom. The average Bonchev–Trinajstić information content (AvgIpc) is 2.89. The average molecular weight is 311 g/mol. The van der Waals surface area contributed by atoms with Gasteiger partial charge in [-0.25, -0.2) is 0 Å². The van der Waals surface area contributed by atoms with Crippen molar-refractivity contribution in [2.24, 2.45) is 5.92 Å². The van der Waals surface area contributed by atoms with Crippen molar-refractivity contribution < 1.29 is 9.84 Å². The summed E-state index contributed by atoms with van der Waals surface area (Å²) in [5.74, 6) is 0.416. The number of aliphatic hydroxyl groups excluding tert-OH is 1. The van der Waals surface area contributed by atoms with Gasteiger partial charge in [-0.15, -0.1) is 0 Å². The Hall–Kier alpha value is -1.68. The summed E-state index contributed by atoms with van der Waals surface area (Å²) >= 11 is 0. The molecular formula is C20H25NO2. The third kappa shape index (κ3) is 3.99. The van der Waals surface area contributed by atoms with Gasteiger partial charge in [-0.2, -0.15) is 0 Å². The summed E-state index contributed by atoms with van der Waals surface area (Å²) in [5, 5.41) is 9.88. The molecule has 3 nitrogen and oxygen atoms in total. The van der Waals surface area contributed by atoms with Crippen LogP contribution in [0.15, 0.2) is 60.7 Å².